The van der Waals surface area contributed by atoms with E-state index in [0.29, 0.717) is 11.5 Å². The van der Waals surface area contributed by atoms with Crippen molar-refractivity contribution in [2.45, 2.75) is 31.2 Å². The van der Waals surface area contributed by atoms with Crippen LogP contribution in [0.1, 0.15) is 41.4 Å². The number of carbonyl (C=O) groups excluding carboxylic acids is 1. The number of aliphatic imine (C=N–C) groups is 1. The van der Waals surface area contributed by atoms with Gasteiger partial charge >= 0.3 is 0 Å². The number of carbonyl (C=O) groups is 2. The van der Waals surface area contributed by atoms with Crippen LogP contribution in [0.3, 0.4) is 0 Å². The lowest BCUT2D eigenvalue weighted by Crippen LogP contribution is -2.45. The Morgan fingerprint density at radius 1 is 1.31 bits per heavy atom. The van der Waals surface area contributed by atoms with E-state index >= 15 is 0 Å². The van der Waals surface area contributed by atoms with Crippen molar-refractivity contribution in [2.75, 3.05) is 18.5 Å². The van der Waals surface area contributed by atoms with Crippen LogP contribution >= 0.6 is 0 Å². The molecule has 1 fully saturated rings. The Labute approximate surface area is 199 Å². The van der Waals surface area contributed by atoms with E-state index in [0.717, 1.165) is 31.9 Å². The summed E-state index contributed by atoms with van der Waals surface area (Å²) in [4.78, 5) is 28.9. The average Bonchev–Trinajstić information content (AvgIpc) is 3.64. The third-order valence-corrected chi connectivity index (χ3v) is 5.36. The summed E-state index contributed by atoms with van der Waals surface area (Å²) in [7, 11) is 0. The van der Waals surface area contributed by atoms with Crippen LogP contribution in [0.4, 0.5) is 18.9 Å². The molecule has 1 amide bonds. The lowest BCUT2D eigenvalue weighted by molar-refractivity contribution is -0.122. The van der Waals surface area contributed by atoms with Gasteiger partial charge in [-0.1, -0.05) is 11.8 Å². The maximum Gasteiger partial charge on any atom is 0.299 e. The summed E-state index contributed by atoms with van der Waals surface area (Å²) in [5.74, 6) is 1.37. The third kappa shape index (κ3) is 6.16. The van der Waals surface area contributed by atoms with Gasteiger partial charge in [-0.2, -0.15) is 0 Å². The number of carboxylic acid groups (broad SMARTS) is 1. The van der Waals surface area contributed by atoms with Gasteiger partial charge in [0.15, 0.2) is 5.54 Å². The first-order chi connectivity index (χ1) is 16.6. The molecule has 1 aromatic carbocycles. The molecule has 0 radical (unpaired) electrons. The van der Waals surface area contributed by atoms with Crippen molar-refractivity contribution >= 4 is 23.9 Å². The minimum atomic E-state index is -3.53. The number of halogens is 3. The molecule has 1 aromatic heterocycles. The maximum atomic E-state index is 14.8. The zero-order chi connectivity index (χ0) is 25.6. The fraction of sp³-hybridized carbons (Fsp3) is 0.333. The summed E-state index contributed by atoms with van der Waals surface area (Å²) < 4.78 is 49.1. The molecular weight excluding hydrogens is 465 g/mol. The van der Waals surface area contributed by atoms with Crippen LogP contribution in [0.15, 0.2) is 41.5 Å². The van der Waals surface area contributed by atoms with Crippen molar-refractivity contribution in [3.63, 3.8) is 0 Å². The quantitative estimate of drug-likeness (QED) is 0.450. The fourth-order valence-corrected chi connectivity index (χ4v) is 3.27. The van der Waals surface area contributed by atoms with Gasteiger partial charge in [0.25, 0.3) is 18.3 Å². The van der Waals surface area contributed by atoms with Gasteiger partial charge in [-0.05, 0) is 50.1 Å². The van der Waals surface area contributed by atoms with Crippen LogP contribution in [0.5, 0.6) is 0 Å². The molecule has 1 aliphatic heterocycles. The van der Waals surface area contributed by atoms with Crippen molar-refractivity contribution in [2.24, 2.45) is 16.6 Å². The predicted octanol–water partition coefficient (Wildman–Crippen LogP) is 3.17. The second-order valence-electron chi connectivity index (χ2n) is 8.10. The molecule has 0 spiro atoms. The van der Waals surface area contributed by atoms with Crippen molar-refractivity contribution in [3.05, 3.63) is 59.2 Å². The number of nitrogens with one attached hydrogen (secondary N) is 1. The standard InChI is InChI=1S/C23H21F3N4O2.CH2O2/c1-22(23(25,26)13-32-12-20(27)30-22)17-10-16(7-8-18(17)24)29-21(31)19-9-6-15(11-28-19)5-4-14-2-3-14;2-1-3/h6-11,14H,2-3,12-13H2,1H3,(H2,27,30)(H,29,31);1H,(H,2,3)/t22-;/m1./s1. The molecule has 4 N–H and O–H groups in total. The molecule has 2 aromatic rings. The Hall–Kier alpha value is -3.91. The molecule has 8 nitrogen and oxygen atoms in total. The minimum Gasteiger partial charge on any atom is -0.483 e. The van der Waals surface area contributed by atoms with Gasteiger partial charge in [0.05, 0.1) is 0 Å². The Balaban J connectivity index is 0.00000108. The van der Waals surface area contributed by atoms with Gasteiger partial charge in [0, 0.05) is 28.9 Å². The number of aromatic nitrogens is 1. The third-order valence-electron chi connectivity index (χ3n) is 5.36. The number of nitrogens with two attached hydrogens (primary N) is 1. The number of hydrogen-bond donors (Lipinski definition) is 3. The largest absolute Gasteiger partial charge is 0.483 e. The summed E-state index contributed by atoms with van der Waals surface area (Å²) in [5.41, 5.74) is 3.84. The Kier molecular flexibility index (Phi) is 7.76. The Morgan fingerprint density at radius 2 is 2.03 bits per heavy atom. The molecule has 0 unspecified atom stereocenters. The topological polar surface area (TPSA) is 127 Å². The van der Waals surface area contributed by atoms with Gasteiger partial charge in [-0.3, -0.25) is 14.6 Å². The van der Waals surface area contributed by atoms with E-state index in [1.807, 2.05) is 0 Å². The minimum absolute atomic E-state index is 0.106. The molecule has 1 saturated carbocycles. The van der Waals surface area contributed by atoms with Crippen molar-refractivity contribution < 1.29 is 32.6 Å². The van der Waals surface area contributed by atoms with Crippen LogP contribution in [0.25, 0.3) is 0 Å². The average molecular weight is 488 g/mol. The van der Waals surface area contributed by atoms with Crippen molar-refractivity contribution in [1.29, 1.82) is 0 Å². The zero-order valence-electron chi connectivity index (χ0n) is 18.7. The zero-order valence-corrected chi connectivity index (χ0v) is 18.7. The molecule has 1 aliphatic carbocycles. The van der Waals surface area contributed by atoms with Crippen LogP contribution in [0.2, 0.25) is 0 Å². The molecule has 0 bridgehead atoms. The second-order valence-corrected chi connectivity index (χ2v) is 8.10. The van der Waals surface area contributed by atoms with Crippen LogP contribution in [-0.4, -0.2) is 47.4 Å². The number of benzene rings is 1. The molecule has 2 heterocycles. The predicted molar refractivity (Wildman–Crippen MR) is 122 cm³/mol. The smallest absolute Gasteiger partial charge is 0.299 e. The molecule has 184 valence electrons. The number of nitrogens with zero attached hydrogens (tertiary/aromatic N) is 2. The summed E-state index contributed by atoms with van der Waals surface area (Å²) in [6, 6.07) is 6.58. The first kappa shape index (κ1) is 25.7. The van der Waals surface area contributed by atoms with Crippen LogP contribution in [-0.2, 0) is 15.1 Å². The number of ether oxygens (including phenoxy) is 1. The van der Waals surface area contributed by atoms with Crippen molar-refractivity contribution in [1.82, 2.24) is 4.98 Å². The normalized spacial score (nSPS) is 20.6. The highest BCUT2D eigenvalue weighted by Crippen LogP contribution is 2.44. The van der Waals surface area contributed by atoms with Gasteiger partial charge in [0.2, 0.25) is 0 Å². The number of amidine groups is 1. The van der Waals surface area contributed by atoms with Gasteiger partial charge in [0.1, 0.15) is 30.6 Å². The molecule has 35 heavy (non-hydrogen) atoms. The number of anilines is 1. The summed E-state index contributed by atoms with van der Waals surface area (Å²) >= 11 is 0. The van der Waals surface area contributed by atoms with E-state index < -0.39 is 35.4 Å². The van der Waals surface area contributed by atoms with Gasteiger partial charge < -0.3 is 20.9 Å². The molecule has 11 heteroatoms. The number of rotatable bonds is 3. The van der Waals surface area contributed by atoms with E-state index in [1.54, 1.807) is 6.07 Å². The first-order valence-electron chi connectivity index (χ1n) is 10.6. The Morgan fingerprint density at radius 3 is 2.66 bits per heavy atom. The number of amides is 1. The summed E-state index contributed by atoms with van der Waals surface area (Å²) in [6.45, 7) is -0.416. The fourth-order valence-electron chi connectivity index (χ4n) is 3.27. The SMILES string of the molecule is C[C@]1(c2cc(NC(=O)c3ccc(C#CC4CC4)cn3)ccc2F)N=C(N)COCC1(F)F.O=CO. The highest BCUT2D eigenvalue weighted by Gasteiger charge is 2.54. The summed E-state index contributed by atoms with van der Waals surface area (Å²) in [5, 5.41) is 9.44. The monoisotopic (exact) mass is 488 g/mol. The van der Waals surface area contributed by atoms with Crippen LogP contribution < -0.4 is 11.1 Å². The molecule has 4 rings (SSSR count). The number of hydrogen-bond acceptors (Lipinski definition) is 6. The van der Waals surface area contributed by atoms with Crippen molar-refractivity contribution in [3.8, 4) is 11.8 Å². The number of pyridine rings is 1. The molecule has 1 atom stereocenters. The van der Waals surface area contributed by atoms with E-state index in [1.165, 1.54) is 18.3 Å². The summed E-state index contributed by atoms with van der Waals surface area (Å²) in [6.07, 6.45) is 3.71. The Bertz CT molecular complexity index is 1190. The molecule has 0 saturated heterocycles. The van der Waals surface area contributed by atoms with Gasteiger partial charge in [-0.15, -0.1) is 0 Å². The highest BCUT2D eigenvalue weighted by molar-refractivity contribution is 6.02. The second kappa shape index (κ2) is 10.6. The maximum absolute atomic E-state index is 14.8. The van der Waals surface area contributed by atoms with E-state index in [-0.39, 0.29) is 30.3 Å². The van der Waals surface area contributed by atoms with Gasteiger partial charge in [-0.25, -0.2) is 18.2 Å². The first-order valence-corrected chi connectivity index (χ1v) is 10.6. The lowest BCUT2D eigenvalue weighted by Gasteiger charge is -2.33. The molecule has 2 aliphatic rings. The van der Waals surface area contributed by atoms with Crippen LogP contribution in [0, 0.1) is 23.6 Å². The van der Waals surface area contributed by atoms with E-state index in [2.05, 4.69) is 27.1 Å². The highest BCUT2D eigenvalue weighted by atomic mass is 19.3. The molecular formula is C24H23F3N4O4. The van der Waals surface area contributed by atoms with E-state index in [9.17, 15) is 18.0 Å². The number of alkyl halides is 2. The lowest BCUT2D eigenvalue weighted by atomic mass is 9.85. The van der Waals surface area contributed by atoms with E-state index in [4.69, 9.17) is 20.4 Å².